The van der Waals surface area contributed by atoms with Gasteiger partial charge in [0.05, 0.1) is 0 Å². The maximum atomic E-state index is 12.4. The molecule has 1 aliphatic heterocycles. The van der Waals surface area contributed by atoms with Crippen LogP contribution < -0.4 is 0 Å². The lowest BCUT2D eigenvalue weighted by Crippen LogP contribution is -2.44. The number of amides is 1. The monoisotopic (exact) mass is 293 g/mol. The minimum atomic E-state index is -0.793. The fourth-order valence-electron chi connectivity index (χ4n) is 2.91. The lowest BCUT2D eigenvalue weighted by molar-refractivity contribution is -0.140. The first-order valence-electron chi connectivity index (χ1n) is 7.63. The Hall–Kier alpha value is -1.78. The quantitative estimate of drug-likeness (QED) is 0.875. The summed E-state index contributed by atoms with van der Waals surface area (Å²) in [7, 11) is 0. The lowest BCUT2D eigenvalue weighted by Gasteiger charge is -2.35. The Morgan fingerprint density at radius 2 is 2.14 bits per heavy atom. The third kappa shape index (κ3) is 4.62. The van der Waals surface area contributed by atoms with Crippen LogP contribution >= 0.6 is 0 Å². The molecule has 1 saturated heterocycles. The molecule has 1 atom stereocenters. The summed E-state index contributed by atoms with van der Waals surface area (Å²) in [6.07, 6.45) is 4.72. The second-order valence-electron chi connectivity index (χ2n) is 5.68. The molecule has 1 aromatic rings. The molecular weight excluding hydrogens is 270 g/mol. The minimum Gasteiger partial charge on any atom is -0.481 e. The number of hydrogen-bond donors (Lipinski definition) is 1. The van der Waals surface area contributed by atoms with E-state index in [1.165, 1.54) is 0 Å². The topological polar surface area (TPSA) is 70.8 Å². The number of furan rings is 1. The molecule has 5 nitrogen and oxygen atoms in total. The van der Waals surface area contributed by atoms with Gasteiger partial charge in [-0.05, 0) is 44.7 Å². The molecule has 0 saturated carbocycles. The smallest absolute Gasteiger partial charge is 0.303 e. The largest absolute Gasteiger partial charge is 0.481 e. The van der Waals surface area contributed by atoms with Crippen molar-refractivity contribution in [2.75, 3.05) is 6.54 Å². The van der Waals surface area contributed by atoms with Crippen LogP contribution in [0.1, 0.15) is 50.0 Å². The van der Waals surface area contributed by atoms with Crippen LogP contribution in [0.5, 0.6) is 0 Å². The van der Waals surface area contributed by atoms with Crippen molar-refractivity contribution in [1.82, 2.24) is 4.90 Å². The molecule has 1 aliphatic rings. The molecule has 2 heterocycles. The van der Waals surface area contributed by atoms with E-state index >= 15 is 0 Å². The molecular formula is C16H23NO4. The summed E-state index contributed by atoms with van der Waals surface area (Å²) in [6, 6.07) is 3.89. The van der Waals surface area contributed by atoms with Crippen LogP contribution in [0.4, 0.5) is 0 Å². The molecule has 1 fully saturated rings. The highest BCUT2D eigenvalue weighted by molar-refractivity contribution is 5.77. The van der Waals surface area contributed by atoms with Crippen molar-refractivity contribution in [3.05, 3.63) is 23.7 Å². The fraction of sp³-hybridized carbons (Fsp3) is 0.625. The zero-order chi connectivity index (χ0) is 15.2. The highest BCUT2D eigenvalue weighted by Gasteiger charge is 2.26. The number of carboxylic acids is 1. The number of carbonyl (C=O) groups is 2. The molecule has 0 unspecified atom stereocenters. The number of piperidine rings is 1. The maximum Gasteiger partial charge on any atom is 0.303 e. The van der Waals surface area contributed by atoms with E-state index in [1.54, 1.807) is 0 Å². The molecule has 0 radical (unpaired) electrons. The van der Waals surface area contributed by atoms with Gasteiger partial charge in [0.1, 0.15) is 11.5 Å². The summed E-state index contributed by atoms with van der Waals surface area (Å²) >= 11 is 0. The second-order valence-corrected chi connectivity index (χ2v) is 5.68. The first-order chi connectivity index (χ1) is 10.1. The molecule has 0 bridgehead atoms. The average Bonchev–Trinajstić information content (AvgIpc) is 2.88. The number of carbonyl (C=O) groups excluding carboxylic acids is 1. The molecule has 21 heavy (non-hydrogen) atoms. The summed E-state index contributed by atoms with van der Waals surface area (Å²) < 4.78 is 5.48. The van der Waals surface area contributed by atoms with Crippen LogP contribution in [0.3, 0.4) is 0 Å². The second kappa shape index (κ2) is 7.29. The summed E-state index contributed by atoms with van der Waals surface area (Å²) in [5, 5.41) is 8.81. The Morgan fingerprint density at radius 1 is 1.33 bits per heavy atom. The van der Waals surface area contributed by atoms with E-state index in [2.05, 4.69) is 0 Å². The number of hydrogen-bond acceptors (Lipinski definition) is 3. The highest BCUT2D eigenvalue weighted by Crippen LogP contribution is 2.22. The van der Waals surface area contributed by atoms with Gasteiger partial charge < -0.3 is 14.4 Å². The average molecular weight is 293 g/mol. The van der Waals surface area contributed by atoms with Gasteiger partial charge in [-0.1, -0.05) is 0 Å². The standard InChI is InChI=1S/C16H23NO4/c1-12-5-7-14(21-12)8-9-15(18)17-11-3-2-4-13(17)6-10-16(19)20/h5,7,13H,2-4,6,8-11H2,1H3,(H,19,20)/t13-/m1/s1. The maximum absolute atomic E-state index is 12.4. The van der Waals surface area contributed by atoms with Gasteiger partial charge in [0, 0.05) is 31.8 Å². The van der Waals surface area contributed by atoms with Gasteiger partial charge in [0.2, 0.25) is 5.91 Å². The number of aliphatic carboxylic acids is 1. The van der Waals surface area contributed by atoms with Gasteiger partial charge in [-0.2, -0.15) is 0 Å². The van der Waals surface area contributed by atoms with Gasteiger partial charge in [-0.3, -0.25) is 9.59 Å². The Labute approximate surface area is 124 Å². The molecule has 0 spiro atoms. The van der Waals surface area contributed by atoms with E-state index in [0.717, 1.165) is 37.3 Å². The lowest BCUT2D eigenvalue weighted by atomic mass is 9.97. The van der Waals surface area contributed by atoms with Crippen LogP contribution in [0.15, 0.2) is 16.5 Å². The van der Waals surface area contributed by atoms with Crippen molar-refractivity contribution >= 4 is 11.9 Å². The van der Waals surface area contributed by atoms with Crippen molar-refractivity contribution in [2.45, 2.75) is 57.9 Å². The molecule has 0 aliphatic carbocycles. The summed E-state index contributed by atoms with van der Waals surface area (Å²) in [6.45, 7) is 2.64. The van der Waals surface area contributed by atoms with Crippen LogP contribution in [-0.2, 0) is 16.0 Å². The van der Waals surface area contributed by atoms with Gasteiger partial charge in [0.15, 0.2) is 0 Å². The van der Waals surface area contributed by atoms with E-state index in [1.807, 2.05) is 24.0 Å². The zero-order valence-corrected chi connectivity index (χ0v) is 12.5. The van der Waals surface area contributed by atoms with E-state index < -0.39 is 5.97 Å². The number of rotatable bonds is 6. The number of nitrogens with zero attached hydrogens (tertiary/aromatic N) is 1. The third-order valence-corrected chi connectivity index (χ3v) is 4.02. The van der Waals surface area contributed by atoms with Crippen LogP contribution in [0.25, 0.3) is 0 Å². The first kappa shape index (κ1) is 15.6. The predicted octanol–water partition coefficient (Wildman–Crippen LogP) is 2.77. The summed E-state index contributed by atoms with van der Waals surface area (Å²) in [5.74, 6) is 1.01. The van der Waals surface area contributed by atoms with Gasteiger partial charge in [-0.25, -0.2) is 0 Å². The molecule has 1 aromatic heterocycles. The Bertz CT molecular complexity index is 494. The number of aryl methyl sites for hydroxylation is 2. The molecule has 1 amide bonds. The zero-order valence-electron chi connectivity index (χ0n) is 12.5. The Morgan fingerprint density at radius 3 is 2.81 bits per heavy atom. The van der Waals surface area contributed by atoms with E-state index in [4.69, 9.17) is 9.52 Å². The highest BCUT2D eigenvalue weighted by atomic mass is 16.4. The van der Waals surface area contributed by atoms with Crippen LogP contribution in [-0.4, -0.2) is 34.5 Å². The molecule has 1 N–H and O–H groups in total. The van der Waals surface area contributed by atoms with Crippen LogP contribution in [0, 0.1) is 6.92 Å². The van der Waals surface area contributed by atoms with E-state index in [9.17, 15) is 9.59 Å². The van der Waals surface area contributed by atoms with Crippen molar-refractivity contribution in [1.29, 1.82) is 0 Å². The van der Waals surface area contributed by atoms with Crippen molar-refractivity contribution in [2.24, 2.45) is 0 Å². The SMILES string of the molecule is Cc1ccc(CCC(=O)N2CCCC[C@@H]2CCC(=O)O)o1. The number of carboxylic acid groups (broad SMARTS) is 1. The molecule has 116 valence electrons. The third-order valence-electron chi connectivity index (χ3n) is 4.02. The normalized spacial score (nSPS) is 18.7. The van der Waals surface area contributed by atoms with Crippen LogP contribution in [0.2, 0.25) is 0 Å². The van der Waals surface area contributed by atoms with Gasteiger partial charge in [-0.15, -0.1) is 0 Å². The van der Waals surface area contributed by atoms with Gasteiger partial charge >= 0.3 is 5.97 Å². The summed E-state index contributed by atoms with van der Waals surface area (Å²) in [4.78, 5) is 25.0. The van der Waals surface area contributed by atoms with E-state index in [-0.39, 0.29) is 18.4 Å². The summed E-state index contributed by atoms with van der Waals surface area (Å²) in [5.41, 5.74) is 0. The molecule has 0 aromatic carbocycles. The minimum absolute atomic E-state index is 0.0840. The molecule has 2 rings (SSSR count). The Kier molecular flexibility index (Phi) is 5.42. The van der Waals surface area contributed by atoms with Crippen molar-refractivity contribution in [3.63, 3.8) is 0 Å². The van der Waals surface area contributed by atoms with Gasteiger partial charge in [0.25, 0.3) is 0 Å². The Balaban J connectivity index is 1.87. The number of likely N-dealkylation sites (tertiary alicyclic amines) is 1. The van der Waals surface area contributed by atoms with Crippen molar-refractivity contribution in [3.8, 4) is 0 Å². The fourth-order valence-corrected chi connectivity index (χ4v) is 2.91. The van der Waals surface area contributed by atoms with E-state index in [0.29, 0.717) is 19.3 Å². The predicted molar refractivity (Wildman–Crippen MR) is 78.0 cm³/mol. The molecule has 5 heteroatoms. The first-order valence-corrected chi connectivity index (χ1v) is 7.63. The van der Waals surface area contributed by atoms with Crippen molar-refractivity contribution < 1.29 is 19.1 Å².